The zero-order valence-corrected chi connectivity index (χ0v) is 12.7. The maximum atomic E-state index is 12.2. The fraction of sp³-hybridized carbons (Fsp3) is 0.462. The van der Waals surface area contributed by atoms with Gasteiger partial charge in [0.2, 0.25) is 10.0 Å². The number of rotatable bonds is 3. The van der Waals surface area contributed by atoms with E-state index in [9.17, 15) is 13.2 Å². The molecule has 2 bridgehead atoms. The summed E-state index contributed by atoms with van der Waals surface area (Å²) in [5.74, 6) is -0.349. The van der Waals surface area contributed by atoms with Crippen LogP contribution in [0.2, 0.25) is 5.02 Å². The van der Waals surface area contributed by atoms with Gasteiger partial charge in [-0.15, -0.1) is 0 Å². The first-order chi connectivity index (χ1) is 9.84. The summed E-state index contributed by atoms with van der Waals surface area (Å²) in [6.07, 6.45) is 3.06. The molecule has 114 valence electrons. The van der Waals surface area contributed by atoms with E-state index in [1.54, 1.807) is 0 Å². The van der Waals surface area contributed by atoms with Gasteiger partial charge in [0.05, 0.1) is 23.3 Å². The monoisotopic (exact) mass is 330 g/mol. The van der Waals surface area contributed by atoms with Crippen molar-refractivity contribution in [1.82, 2.24) is 5.32 Å². The standard InChI is InChI=1S/C13H15ClN2O4S/c14-9-3-1-7(5-12(9)21(15,18)19)13(17)16-10-6-8-2-4-11(10)20-8/h1,3,5,8,10-11H,2,4,6H2,(H,16,17)(H2,15,18,19). The van der Waals surface area contributed by atoms with E-state index in [-0.39, 0.29) is 39.6 Å². The van der Waals surface area contributed by atoms with Crippen molar-refractivity contribution in [2.24, 2.45) is 5.14 Å². The van der Waals surface area contributed by atoms with Crippen LogP contribution in [-0.2, 0) is 14.8 Å². The number of hydrogen-bond acceptors (Lipinski definition) is 4. The van der Waals surface area contributed by atoms with Crippen molar-refractivity contribution in [2.45, 2.75) is 42.4 Å². The average molecular weight is 331 g/mol. The first-order valence-corrected chi connectivity index (χ1v) is 8.55. The number of hydrogen-bond donors (Lipinski definition) is 2. The van der Waals surface area contributed by atoms with Crippen molar-refractivity contribution in [1.29, 1.82) is 0 Å². The van der Waals surface area contributed by atoms with Gasteiger partial charge in [-0.2, -0.15) is 0 Å². The molecule has 0 spiro atoms. The molecule has 2 saturated heterocycles. The predicted molar refractivity (Wildman–Crippen MR) is 76.6 cm³/mol. The summed E-state index contributed by atoms with van der Waals surface area (Å²) in [6.45, 7) is 0. The van der Waals surface area contributed by atoms with Crippen molar-refractivity contribution >= 4 is 27.5 Å². The van der Waals surface area contributed by atoms with Crippen LogP contribution in [0.25, 0.3) is 0 Å². The molecule has 0 radical (unpaired) electrons. The minimum Gasteiger partial charge on any atom is -0.373 e. The Morgan fingerprint density at radius 2 is 2.14 bits per heavy atom. The van der Waals surface area contributed by atoms with Gasteiger partial charge in [-0.1, -0.05) is 11.6 Å². The number of carbonyl (C=O) groups is 1. The van der Waals surface area contributed by atoms with Crippen molar-refractivity contribution in [3.05, 3.63) is 28.8 Å². The molecular weight excluding hydrogens is 316 g/mol. The Hall–Kier alpha value is -1.15. The van der Waals surface area contributed by atoms with Crippen molar-refractivity contribution < 1.29 is 17.9 Å². The second-order valence-corrected chi connectivity index (χ2v) is 7.32. The summed E-state index contributed by atoms with van der Waals surface area (Å²) in [4.78, 5) is 12.0. The second kappa shape index (κ2) is 5.24. The van der Waals surface area contributed by atoms with Crippen LogP contribution in [0.1, 0.15) is 29.6 Å². The SMILES string of the molecule is NS(=O)(=O)c1cc(C(=O)NC2CC3CCC2O3)ccc1Cl. The summed E-state index contributed by atoms with van der Waals surface area (Å²) < 4.78 is 28.5. The highest BCUT2D eigenvalue weighted by Gasteiger charge is 2.41. The van der Waals surface area contributed by atoms with Gasteiger partial charge in [0, 0.05) is 5.56 Å². The predicted octanol–water partition coefficient (Wildman–Crippen LogP) is 1.04. The molecule has 6 nitrogen and oxygen atoms in total. The maximum absolute atomic E-state index is 12.2. The smallest absolute Gasteiger partial charge is 0.251 e. The Labute approximate surface area is 127 Å². The van der Waals surface area contributed by atoms with Gasteiger partial charge in [-0.05, 0) is 37.5 Å². The minimum absolute atomic E-state index is 0.00249. The third-order valence-corrected chi connectivity index (χ3v) is 5.31. The zero-order valence-electron chi connectivity index (χ0n) is 11.1. The molecule has 0 saturated carbocycles. The van der Waals surface area contributed by atoms with E-state index in [0.717, 1.165) is 19.3 Å². The van der Waals surface area contributed by atoms with Crippen LogP contribution in [0.15, 0.2) is 23.1 Å². The normalized spacial score (nSPS) is 27.8. The molecule has 2 aliphatic heterocycles. The molecule has 3 N–H and O–H groups in total. The van der Waals surface area contributed by atoms with E-state index >= 15 is 0 Å². The van der Waals surface area contributed by atoms with Gasteiger partial charge in [-0.3, -0.25) is 4.79 Å². The summed E-state index contributed by atoms with van der Waals surface area (Å²) in [7, 11) is -3.96. The van der Waals surface area contributed by atoms with Gasteiger partial charge in [0.15, 0.2) is 0 Å². The number of nitrogens with one attached hydrogen (secondary N) is 1. The lowest BCUT2D eigenvalue weighted by atomic mass is 9.95. The molecule has 21 heavy (non-hydrogen) atoms. The van der Waals surface area contributed by atoms with Crippen LogP contribution >= 0.6 is 11.6 Å². The van der Waals surface area contributed by atoms with E-state index in [1.807, 2.05) is 0 Å². The van der Waals surface area contributed by atoms with E-state index in [2.05, 4.69) is 5.32 Å². The summed E-state index contributed by atoms with van der Waals surface area (Å²) >= 11 is 5.80. The molecule has 1 aromatic rings. The Morgan fingerprint density at radius 1 is 1.38 bits per heavy atom. The first-order valence-electron chi connectivity index (χ1n) is 6.63. The molecular formula is C13H15ClN2O4S. The lowest BCUT2D eigenvalue weighted by Crippen LogP contribution is -2.41. The van der Waals surface area contributed by atoms with Gasteiger partial charge < -0.3 is 10.1 Å². The number of primary sulfonamides is 1. The third kappa shape index (κ3) is 2.91. The van der Waals surface area contributed by atoms with Crippen LogP contribution in [0.3, 0.4) is 0 Å². The first kappa shape index (κ1) is 14.8. The molecule has 0 aliphatic carbocycles. The fourth-order valence-corrected chi connectivity index (χ4v) is 3.98. The lowest BCUT2D eigenvalue weighted by Gasteiger charge is -2.20. The number of ether oxygens (including phenoxy) is 1. The molecule has 1 aromatic carbocycles. The van der Waals surface area contributed by atoms with Crippen LogP contribution < -0.4 is 10.5 Å². The number of sulfonamides is 1. The highest BCUT2D eigenvalue weighted by atomic mass is 35.5. The quantitative estimate of drug-likeness (QED) is 0.865. The molecule has 2 heterocycles. The number of fused-ring (bicyclic) bond motifs is 2. The van der Waals surface area contributed by atoms with E-state index < -0.39 is 10.0 Å². The molecule has 3 unspecified atom stereocenters. The van der Waals surface area contributed by atoms with Crippen molar-refractivity contribution in [3.8, 4) is 0 Å². The Morgan fingerprint density at radius 3 is 2.71 bits per heavy atom. The van der Waals surface area contributed by atoms with Crippen LogP contribution in [0, 0.1) is 0 Å². The lowest BCUT2D eigenvalue weighted by molar-refractivity contribution is 0.0841. The van der Waals surface area contributed by atoms with Gasteiger partial charge in [-0.25, -0.2) is 13.6 Å². The zero-order chi connectivity index (χ0) is 15.2. The third-order valence-electron chi connectivity index (χ3n) is 3.92. The largest absolute Gasteiger partial charge is 0.373 e. The van der Waals surface area contributed by atoms with Gasteiger partial charge in [0.1, 0.15) is 4.90 Å². The van der Waals surface area contributed by atoms with Gasteiger partial charge >= 0.3 is 0 Å². The molecule has 2 aliphatic rings. The summed E-state index contributed by atoms with van der Waals surface area (Å²) in [5, 5.41) is 7.96. The minimum atomic E-state index is -3.96. The number of halogens is 1. The Bertz CT molecular complexity index is 691. The van der Waals surface area contributed by atoms with Gasteiger partial charge in [0.25, 0.3) is 5.91 Å². The molecule has 3 atom stereocenters. The highest BCUT2D eigenvalue weighted by Crippen LogP contribution is 2.34. The Kier molecular flexibility index (Phi) is 3.69. The van der Waals surface area contributed by atoms with Crippen LogP contribution in [0.5, 0.6) is 0 Å². The van der Waals surface area contributed by atoms with Crippen molar-refractivity contribution in [2.75, 3.05) is 0 Å². The average Bonchev–Trinajstić information content (AvgIpc) is 3.00. The number of amides is 1. The van der Waals surface area contributed by atoms with Crippen LogP contribution in [-0.4, -0.2) is 32.6 Å². The molecule has 1 amide bonds. The number of benzene rings is 1. The number of carbonyl (C=O) groups excluding carboxylic acids is 1. The van der Waals surface area contributed by atoms with E-state index in [1.165, 1.54) is 18.2 Å². The topological polar surface area (TPSA) is 98.5 Å². The molecule has 8 heteroatoms. The fourth-order valence-electron chi connectivity index (χ4n) is 2.90. The molecule has 3 rings (SSSR count). The summed E-state index contributed by atoms with van der Waals surface area (Å²) in [6, 6.07) is 4.00. The highest BCUT2D eigenvalue weighted by molar-refractivity contribution is 7.89. The molecule has 2 fully saturated rings. The van der Waals surface area contributed by atoms with Crippen molar-refractivity contribution in [3.63, 3.8) is 0 Å². The van der Waals surface area contributed by atoms with Crippen LogP contribution in [0.4, 0.5) is 0 Å². The summed E-state index contributed by atoms with van der Waals surface area (Å²) in [5.41, 5.74) is 0.214. The molecule has 0 aromatic heterocycles. The Balaban J connectivity index is 1.79. The maximum Gasteiger partial charge on any atom is 0.251 e. The van der Waals surface area contributed by atoms with E-state index in [4.69, 9.17) is 21.5 Å². The number of nitrogens with two attached hydrogens (primary N) is 1. The van der Waals surface area contributed by atoms with E-state index in [0.29, 0.717) is 0 Å². The second-order valence-electron chi connectivity index (χ2n) is 5.38.